The monoisotopic (exact) mass is 333 g/mol. The molecule has 0 fully saturated rings. The lowest BCUT2D eigenvalue weighted by molar-refractivity contribution is -0.145. The maximum atomic E-state index is 11.6. The third-order valence-corrected chi connectivity index (χ3v) is 4.60. The fourth-order valence-electron chi connectivity index (χ4n) is 2.39. The normalized spacial score (nSPS) is 14.0. The summed E-state index contributed by atoms with van der Waals surface area (Å²) in [7, 11) is 0. The number of allylic oxidation sites excluding steroid dienone is 1. The highest BCUT2D eigenvalue weighted by molar-refractivity contribution is 8.00. The summed E-state index contributed by atoms with van der Waals surface area (Å²) in [6.45, 7) is 0.411. The van der Waals surface area contributed by atoms with E-state index in [0.29, 0.717) is 6.54 Å². The van der Waals surface area contributed by atoms with Gasteiger partial charge in [-0.05, 0) is 44.2 Å². The number of hydrogen-bond acceptors (Lipinski definition) is 4. The number of rotatable bonds is 8. The van der Waals surface area contributed by atoms with Gasteiger partial charge in [-0.3, -0.25) is 9.59 Å². The Morgan fingerprint density at radius 1 is 1.17 bits per heavy atom. The lowest BCUT2D eigenvalue weighted by Crippen LogP contribution is -2.30. The lowest BCUT2D eigenvalue weighted by Gasteiger charge is -2.13. The van der Waals surface area contributed by atoms with Gasteiger partial charge in [0.05, 0.1) is 5.75 Å². The molecular formula is C18H23NO3S. The fraction of sp³-hybridized carbons (Fsp3) is 0.444. The molecule has 124 valence electrons. The van der Waals surface area contributed by atoms with Crippen LogP contribution in [0.3, 0.4) is 0 Å². The van der Waals surface area contributed by atoms with Gasteiger partial charge >= 0.3 is 5.97 Å². The average molecular weight is 333 g/mol. The molecule has 2 rings (SSSR count). The molecule has 1 aromatic rings. The molecule has 0 unspecified atom stereocenters. The number of carbonyl (C=O) groups excluding carboxylic acids is 2. The van der Waals surface area contributed by atoms with E-state index in [1.807, 2.05) is 30.3 Å². The molecule has 0 atom stereocenters. The zero-order chi connectivity index (χ0) is 16.3. The maximum absolute atomic E-state index is 11.6. The molecule has 0 spiro atoms. The minimum Gasteiger partial charge on any atom is -0.455 e. The van der Waals surface area contributed by atoms with E-state index >= 15 is 0 Å². The van der Waals surface area contributed by atoms with Crippen LogP contribution in [0, 0.1) is 0 Å². The van der Waals surface area contributed by atoms with Gasteiger partial charge in [0.1, 0.15) is 0 Å². The van der Waals surface area contributed by atoms with E-state index < -0.39 is 0 Å². The summed E-state index contributed by atoms with van der Waals surface area (Å²) in [5.74, 6) is -0.395. The van der Waals surface area contributed by atoms with E-state index in [2.05, 4.69) is 11.4 Å². The summed E-state index contributed by atoms with van der Waals surface area (Å²) in [5.41, 5.74) is 1.42. The maximum Gasteiger partial charge on any atom is 0.316 e. The van der Waals surface area contributed by atoms with E-state index in [1.54, 1.807) is 0 Å². The number of esters is 1. The second kappa shape index (κ2) is 10.1. The minimum atomic E-state index is -0.371. The quantitative estimate of drug-likeness (QED) is 0.450. The highest BCUT2D eigenvalue weighted by Crippen LogP contribution is 2.19. The molecular weight excluding hydrogens is 310 g/mol. The molecule has 1 amide bonds. The summed E-state index contributed by atoms with van der Waals surface area (Å²) in [4.78, 5) is 24.3. The van der Waals surface area contributed by atoms with Crippen molar-refractivity contribution in [2.24, 2.45) is 0 Å². The van der Waals surface area contributed by atoms with Crippen LogP contribution in [0.25, 0.3) is 0 Å². The van der Waals surface area contributed by atoms with Gasteiger partial charge < -0.3 is 10.1 Å². The van der Waals surface area contributed by atoms with Crippen LogP contribution in [-0.2, 0) is 14.3 Å². The topological polar surface area (TPSA) is 55.4 Å². The first-order valence-corrected chi connectivity index (χ1v) is 9.00. The van der Waals surface area contributed by atoms with Gasteiger partial charge in [0, 0.05) is 11.4 Å². The van der Waals surface area contributed by atoms with Crippen molar-refractivity contribution in [2.75, 3.05) is 18.9 Å². The first kappa shape index (κ1) is 17.6. The number of benzene rings is 1. The van der Waals surface area contributed by atoms with Crippen LogP contribution in [0.2, 0.25) is 0 Å². The van der Waals surface area contributed by atoms with Crippen LogP contribution in [-0.4, -0.2) is 30.8 Å². The number of nitrogens with one attached hydrogen (secondary N) is 1. The molecule has 23 heavy (non-hydrogen) atoms. The van der Waals surface area contributed by atoms with Crippen LogP contribution in [0.4, 0.5) is 0 Å². The van der Waals surface area contributed by atoms with Crippen LogP contribution in [0.5, 0.6) is 0 Å². The Balaban J connectivity index is 1.54. The molecule has 1 aliphatic rings. The zero-order valence-electron chi connectivity index (χ0n) is 13.3. The van der Waals surface area contributed by atoms with Crippen molar-refractivity contribution >= 4 is 23.6 Å². The Labute approximate surface area is 141 Å². The second-order valence-electron chi connectivity index (χ2n) is 5.47. The molecule has 1 aliphatic carbocycles. The average Bonchev–Trinajstić information content (AvgIpc) is 2.60. The van der Waals surface area contributed by atoms with Crippen molar-refractivity contribution in [2.45, 2.75) is 37.0 Å². The summed E-state index contributed by atoms with van der Waals surface area (Å²) in [6, 6.07) is 9.64. The van der Waals surface area contributed by atoms with Crippen LogP contribution < -0.4 is 5.32 Å². The van der Waals surface area contributed by atoms with Gasteiger partial charge in [0.15, 0.2) is 6.61 Å². The first-order valence-electron chi connectivity index (χ1n) is 8.02. The molecule has 0 saturated carbocycles. The van der Waals surface area contributed by atoms with E-state index in [0.717, 1.165) is 24.2 Å². The van der Waals surface area contributed by atoms with Crippen molar-refractivity contribution in [1.82, 2.24) is 5.32 Å². The van der Waals surface area contributed by atoms with Crippen LogP contribution >= 0.6 is 11.8 Å². The van der Waals surface area contributed by atoms with Crippen LogP contribution in [0.1, 0.15) is 32.1 Å². The third-order valence-electron chi connectivity index (χ3n) is 3.62. The predicted molar refractivity (Wildman–Crippen MR) is 92.3 cm³/mol. The Bertz CT molecular complexity index is 542. The number of hydrogen-bond donors (Lipinski definition) is 1. The third kappa shape index (κ3) is 7.37. The van der Waals surface area contributed by atoms with Crippen molar-refractivity contribution in [3.63, 3.8) is 0 Å². The Morgan fingerprint density at radius 3 is 2.74 bits per heavy atom. The molecule has 0 heterocycles. The number of ether oxygens (including phenoxy) is 1. The predicted octanol–water partition coefficient (Wildman–Crippen LogP) is 3.33. The molecule has 0 aromatic heterocycles. The second-order valence-corrected chi connectivity index (χ2v) is 6.52. The summed E-state index contributed by atoms with van der Waals surface area (Å²) >= 11 is 1.40. The van der Waals surface area contributed by atoms with Gasteiger partial charge in [-0.1, -0.05) is 29.8 Å². The molecule has 0 aliphatic heterocycles. The lowest BCUT2D eigenvalue weighted by atomic mass is 9.97. The zero-order valence-corrected chi connectivity index (χ0v) is 14.1. The molecule has 1 N–H and O–H groups in total. The van der Waals surface area contributed by atoms with Gasteiger partial charge in [0.2, 0.25) is 0 Å². The van der Waals surface area contributed by atoms with Crippen molar-refractivity contribution in [1.29, 1.82) is 0 Å². The smallest absolute Gasteiger partial charge is 0.316 e. The molecule has 1 aromatic carbocycles. The molecule has 5 heteroatoms. The molecule has 0 radical (unpaired) electrons. The summed E-state index contributed by atoms with van der Waals surface area (Å²) in [5, 5.41) is 2.80. The fourth-order valence-corrected chi connectivity index (χ4v) is 3.11. The van der Waals surface area contributed by atoms with Gasteiger partial charge in [0.25, 0.3) is 5.91 Å². The largest absolute Gasteiger partial charge is 0.455 e. The Hall–Kier alpha value is -1.75. The van der Waals surface area contributed by atoms with E-state index in [1.165, 1.54) is 30.2 Å². The Kier molecular flexibility index (Phi) is 7.73. The van der Waals surface area contributed by atoms with E-state index in [9.17, 15) is 9.59 Å². The highest BCUT2D eigenvalue weighted by atomic mass is 32.2. The van der Waals surface area contributed by atoms with Gasteiger partial charge in [-0.15, -0.1) is 11.8 Å². The molecule has 4 nitrogen and oxygen atoms in total. The Morgan fingerprint density at radius 2 is 2.00 bits per heavy atom. The number of thioether (sulfide) groups is 1. The van der Waals surface area contributed by atoms with Gasteiger partial charge in [-0.2, -0.15) is 0 Å². The van der Waals surface area contributed by atoms with E-state index in [4.69, 9.17) is 4.74 Å². The first-order chi connectivity index (χ1) is 11.2. The standard InChI is InChI=1S/C18H23NO3S/c20-17(19-12-11-15-7-3-1-4-8-15)13-22-18(21)14-23-16-9-5-2-6-10-16/h2,5-7,9-10H,1,3-4,8,11-14H2,(H,19,20). The minimum absolute atomic E-state index is 0.201. The van der Waals surface area contributed by atoms with Crippen molar-refractivity contribution in [3.05, 3.63) is 42.0 Å². The summed E-state index contributed by atoms with van der Waals surface area (Å²) in [6.07, 6.45) is 7.98. The van der Waals surface area contributed by atoms with Crippen molar-refractivity contribution < 1.29 is 14.3 Å². The molecule has 0 bridgehead atoms. The number of carbonyl (C=O) groups is 2. The SMILES string of the molecule is O=C(COC(=O)CSc1ccccc1)NCCC1=CCCCC1. The van der Waals surface area contributed by atoms with Crippen molar-refractivity contribution in [3.8, 4) is 0 Å². The summed E-state index contributed by atoms with van der Waals surface area (Å²) < 4.78 is 4.98. The number of amides is 1. The van der Waals surface area contributed by atoms with Crippen LogP contribution in [0.15, 0.2) is 46.9 Å². The van der Waals surface area contributed by atoms with E-state index in [-0.39, 0.29) is 24.2 Å². The van der Waals surface area contributed by atoms with Gasteiger partial charge in [-0.25, -0.2) is 0 Å². The molecule has 0 saturated heterocycles. The highest BCUT2D eigenvalue weighted by Gasteiger charge is 2.09.